The van der Waals surface area contributed by atoms with Gasteiger partial charge in [0.2, 0.25) is 0 Å². The lowest BCUT2D eigenvalue weighted by Crippen LogP contribution is -2.11. The van der Waals surface area contributed by atoms with Gasteiger partial charge in [0.15, 0.2) is 0 Å². The van der Waals surface area contributed by atoms with Crippen LogP contribution in [0.1, 0.15) is 26.7 Å². The Morgan fingerprint density at radius 2 is 2.00 bits per heavy atom. The Labute approximate surface area is 105 Å². The van der Waals surface area contributed by atoms with Crippen LogP contribution >= 0.6 is 0 Å². The van der Waals surface area contributed by atoms with Gasteiger partial charge in [-0.1, -0.05) is 5.57 Å². The van der Waals surface area contributed by atoms with Gasteiger partial charge in [0.1, 0.15) is 6.29 Å². The molecule has 0 radical (unpaired) electrons. The molecule has 3 rings (SSSR count). The van der Waals surface area contributed by atoms with Crippen LogP contribution < -0.4 is 0 Å². The van der Waals surface area contributed by atoms with Gasteiger partial charge >= 0.3 is 11.9 Å². The summed E-state index contributed by atoms with van der Waals surface area (Å²) in [6.45, 7) is 3.60. The van der Waals surface area contributed by atoms with Crippen molar-refractivity contribution >= 4 is 18.2 Å². The molecule has 0 unspecified atom stereocenters. The normalized spacial score (nSPS) is 34.0. The minimum atomic E-state index is -0.548. The smallest absolute Gasteiger partial charge is 0.342 e. The summed E-state index contributed by atoms with van der Waals surface area (Å²) in [5.74, 6) is 0.00679. The molecule has 2 aliphatic carbocycles. The third kappa shape index (κ3) is 1.41. The average Bonchev–Trinajstić information content (AvgIpc) is 3.02. The van der Waals surface area contributed by atoms with Crippen molar-refractivity contribution in [2.45, 2.75) is 26.7 Å². The summed E-state index contributed by atoms with van der Waals surface area (Å²) >= 11 is 0. The molecular weight excluding hydrogens is 232 g/mol. The predicted octanol–water partition coefficient (Wildman–Crippen LogP) is 1.56. The number of esters is 2. The quantitative estimate of drug-likeness (QED) is 0.430. The minimum Gasteiger partial charge on any atom is -0.386 e. The highest BCUT2D eigenvalue weighted by molar-refractivity contribution is 6.12. The van der Waals surface area contributed by atoms with Gasteiger partial charge in [0.05, 0.1) is 0 Å². The van der Waals surface area contributed by atoms with Gasteiger partial charge in [-0.3, -0.25) is 4.79 Å². The van der Waals surface area contributed by atoms with E-state index < -0.39 is 11.9 Å². The second kappa shape index (κ2) is 3.64. The van der Waals surface area contributed by atoms with E-state index in [1.54, 1.807) is 6.92 Å². The molecule has 0 N–H and O–H groups in total. The molecule has 4 heteroatoms. The first-order valence-corrected chi connectivity index (χ1v) is 6.16. The van der Waals surface area contributed by atoms with Crippen molar-refractivity contribution in [1.82, 2.24) is 0 Å². The molecule has 3 atom stereocenters. The highest BCUT2D eigenvalue weighted by atomic mass is 16.6. The summed E-state index contributed by atoms with van der Waals surface area (Å²) in [7, 11) is 0. The molecule has 0 aromatic heterocycles. The minimum absolute atomic E-state index is 0.0934. The van der Waals surface area contributed by atoms with Gasteiger partial charge in [-0.2, -0.15) is 0 Å². The first-order valence-electron chi connectivity index (χ1n) is 6.16. The summed E-state index contributed by atoms with van der Waals surface area (Å²) in [5.41, 5.74) is 2.83. The fourth-order valence-corrected chi connectivity index (χ4v) is 3.29. The molecule has 1 saturated carbocycles. The van der Waals surface area contributed by atoms with Crippen LogP contribution in [0, 0.1) is 17.8 Å². The molecule has 18 heavy (non-hydrogen) atoms. The van der Waals surface area contributed by atoms with E-state index in [9.17, 15) is 14.4 Å². The van der Waals surface area contributed by atoms with E-state index in [0.29, 0.717) is 29.4 Å². The number of hydrogen-bond acceptors (Lipinski definition) is 4. The van der Waals surface area contributed by atoms with Crippen LogP contribution in [0.5, 0.6) is 0 Å². The van der Waals surface area contributed by atoms with Crippen molar-refractivity contribution in [2.24, 2.45) is 17.8 Å². The number of fused-ring (bicyclic) bond motifs is 1. The first-order chi connectivity index (χ1) is 8.54. The SMILES string of the molecule is CC1=C(C[C@H]2C(C=O)=C(C)[C@H]3C[C@H]32)C(=O)OC1=O. The number of carbonyl (C=O) groups excluding carboxylic acids is 3. The second-order valence-electron chi connectivity index (χ2n) is 5.35. The van der Waals surface area contributed by atoms with Gasteiger partial charge in [-0.25, -0.2) is 9.59 Å². The lowest BCUT2D eigenvalue weighted by molar-refractivity contribution is -0.151. The van der Waals surface area contributed by atoms with E-state index in [0.717, 1.165) is 23.9 Å². The van der Waals surface area contributed by atoms with Crippen LogP contribution in [0.15, 0.2) is 22.3 Å². The predicted molar refractivity (Wildman–Crippen MR) is 62.3 cm³/mol. The molecule has 0 aromatic carbocycles. The number of hydrogen-bond donors (Lipinski definition) is 0. The molecule has 0 aromatic rings. The summed E-state index contributed by atoms with van der Waals surface area (Å²) in [5, 5.41) is 0. The van der Waals surface area contributed by atoms with Crippen LogP contribution in [0.25, 0.3) is 0 Å². The van der Waals surface area contributed by atoms with Crippen molar-refractivity contribution < 1.29 is 19.1 Å². The van der Waals surface area contributed by atoms with E-state index in [2.05, 4.69) is 4.74 Å². The number of allylic oxidation sites excluding steroid dienone is 2. The third-order valence-corrected chi connectivity index (χ3v) is 4.51. The van der Waals surface area contributed by atoms with Gasteiger partial charge in [0.25, 0.3) is 0 Å². The zero-order valence-electron chi connectivity index (χ0n) is 10.4. The van der Waals surface area contributed by atoms with Gasteiger partial charge in [0, 0.05) is 11.1 Å². The fourth-order valence-electron chi connectivity index (χ4n) is 3.29. The maximum atomic E-state index is 11.6. The lowest BCUT2D eigenvalue weighted by atomic mass is 9.89. The van der Waals surface area contributed by atoms with E-state index in [4.69, 9.17) is 0 Å². The maximum absolute atomic E-state index is 11.6. The number of aldehydes is 1. The molecular formula is C14H14O4. The van der Waals surface area contributed by atoms with Crippen molar-refractivity contribution in [2.75, 3.05) is 0 Å². The monoisotopic (exact) mass is 246 g/mol. The van der Waals surface area contributed by atoms with Crippen molar-refractivity contribution in [3.63, 3.8) is 0 Å². The molecule has 0 saturated heterocycles. The number of cyclic esters (lactones) is 2. The highest BCUT2D eigenvalue weighted by Gasteiger charge is 2.52. The van der Waals surface area contributed by atoms with E-state index in [-0.39, 0.29) is 5.92 Å². The molecule has 94 valence electrons. The van der Waals surface area contributed by atoms with Crippen LogP contribution in [0.4, 0.5) is 0 Å². The Kier molecular flexibility index (Phi) is 2.30. The average molecular weight is 246 g/mol. The van der Waals surface area contributed by atoms with Gasteiger partial charge < -0.3 is 4.74 Å². The maximum Gasteiger partial charge on any atom is 0.342 e. The first kappa shape index (κ1) is 11.4. The Morgan fingerprint density at radius 3 is 2.56 bits per heavy atom. The van der Waals surface area contributed by atoms with E-state index in [1.165, 1.54) is 0 Å². The van der Waals surface area contributed by atoms with Gasteiger partial charge in [-0.15, -0.1) is 0 Å². The summed E-state index contributed by atoms with van der Waals surface area (Å²) in [4.78, 5) is 34.0. The second-order valence-corrected chi connectivity index (χ2v) is 5.35. The van der Waals surface area contributed by atoms with Crippen molar-refractivity contribution in [1.29, 1.82) is 0 Å². The molecule has 0 spiro atoms. The number of ether oxygens (including phenoxy) is 1. The molecule has 1 aliphatic heterocycles. The zero-order valence-corrected chi connectivity index (χ0v) is 10.4. The molecule has 0 amide bonds. The molecule has 3 aliphatic rings. The molecule has 0 bridgehead atoms. The lowest BCUT2D eigenvalue weighted by Gasteiger charge is -2.13. The number of carbonyl (C=O) groups is 3. The largest absolute Gasteiger partial charge is 0.386 e. The molecule has 1 fully saturated rings. The standard InChI is InChI=1S/C14H14O4/c1-6-8-3-10(8)11(12(6)5-15)4-9-7(2)13(16)18-14(9)17/h5,8,10-11H,3-4H2,1-2H3/t8-,10-,11-/m1/s1. The van der Waals surface area contributed by atoms with Crippen molar-refractivity contribution in [3.05, 3.63) is 22.3 Å². The number of rotatable bonds is 3. The third-order valence-electron chi connectivity index (χ3n) is 4.51. The van der Waals surface area contributed by atoms with Gasteiger partial charge in [-0.05, 0) is 50.0 Å². The Morgan fingerprint density at radius 1 is 1.28 bits per heavy atom. The van der Waals surface area contributed by atoms with Crippen LogP contribution in [-0.2, 0) is 19.1 Å². The van der Waals surface area contributed by atoms with E-state index in [1.807, 2.05) is 6.92 Å². The Bertz CT molecular complexity index is 538. The van der Waals surface area contributed by atoms with E-state index >= 15 is 0 Å². The zero-order chi connectivity index (χ0) is 13.0. The fraction of sp³-hybridized carbons (Fsp3) is 0.500. The van der Waals surface area contributed by atoms with Crippen LogP contribution in [-0.4, -0.2) is 18.2 Å². The van der Waals surface area contributed by atoms with Crippen molar-refractivity contribution in [3.8, 4) is 0 Å². The molecule has 1 heterocycles. The topological polar surface area (TPSA) is 60.4 Å². The summed E-state index contributed by atoms with van der Waals surface area (Å²) < 4.78 is 4.58. The Hall–Kier alpha value is -1.71. The Balaban J connectivity index is 1.88. The summed E-state index contributed by atoms with van der Waals surface area (Å²) in [6, 6.07) is 0. The van der Waals surface area contributed by atoms with Crippen LogP contribution in [0.3, 0.4) is 0 Å². The highest BCUT2D eigenvalue weighted by Crippen LogP contribution is 2.59. The van der Waals surface area contributed by atoms with Crippen LogP contribution in [0.2, 0.25) is 0 Å². The molecule has 4 nitrogen and oxygen atoms in total. The summed E-state index contributed by atoms with van der Waals surface area (Å²) in [6.07, 6.45) is 2.47.